The van der Waals surface area contributed by atoms with E-state index in [0.29, 0.717) is 36.4 Å². The summed E-state index contributed by atoms with van der Waals surface area (Å²) in [7, 11) is 1.69. The first-order valence-corrected chi connectivity index (χ1v) is 9.23. The van der Waals surface area contributed by atoms with E-state index in [1.165, 1.54) is 4.57 Å². The molecule has 0 aliphatic carbocycles. The Hall–Kier alpha value is -3.08. The molecule has 1 amide bonds. The highest BCUT2D eigenvalue weighted by atomic mass is 16.6. The Morgan fingerprint density at radius 3 is 2.64 bits per heavy atom. The molecule has 28 heavy (non-hydrogen) atoms. The lowest BCUT2D eigenvalue weighted by Gasteiger charge is -2.41. The molecule has 1 fully saturated rings. The van der Waals surface area contributed by atoms with Gasteiger partial charge in [0.05, 0.1) is 11.2 Å². The van der Waals surface area contributed by atoms with Crippen LogP contribution in [0.1, 0.15) is 27.7 Å². The van der Waals surface area contributed by atoms with E-state index < -0.39 is 5.60 Å². The molecule has 1 atom stereocenters. The summed E-state index contributed by atoms with van der Waals surface area (Å²) in [5.74, 6) is 0.285. The highest BCUT2D eigenvalue weighted by Gasteiger charge is 2.31. The third-order valence-electron chi connectivity index (χ3n) is 4.76. The predicted molar refractivity (Wildman–Crippen MR) is 108 cm³/mol. The van der Waals surface area contributed by atoms with E-state index in [4.69, 9.17) is 11.3 Å². The van der Waals surface area contributed by atoms with Crippen molar-refractivity contribution in [2.75, 3.05) is 24.5 Å². The van der Waals surface area contributed by atoms with Crippen LogP contribution in [0.3, 0.4) is 0 Å². The Bertz CT molecular complexity index is 1020. The Kier molecular flexibility index (Phi) is 5.02. The Labute approximate surface area is 164 Å². The quantitative estimate of drug-likeness (QED) is 0.708. The van der Waals surface area contributed by atoms with Gasteiger partial charge in [-0.3, -0.25) is 4.79 Å². The maximum atomic E-state index is 12.5. The number of aryl methyl sites for hydroxylation is 1. The molecule has 148 valence electrons. The van der Waals surface area contributed by atoms with Crippen molar-refractivity contribution in [2.24, 2.45) is 7.05 Å². The van der Waals surface area contributed by atoms with Crippen LogP contribution in [-0.2, 0) is 11.8 Å². The molecule has 0 saturated carbocycles. The van der Waals surface area contributed by atoms with Gasteiger partial charge in [-0.2, -0.15) is 0 Å². The van der Waals surface area contributed by atoms with Gasteiger partial charge in [0.25, 0.3) is 11.4 Å². The lowest BCUT2D eigenvalue weighted by Crippen LogP contribution is -2.54. The fraction of sp³-hybridized carbons (Fsp3) is 0.500. The molecule has 8 heteroatoms. The summed E-state index contributed by atoms with van der Waals surface area (Å²) in [4.78, 5) is 36.5. The first-order valence-electron chi connectivity index (χ1n) is 9.23. The number of aromatic nitrogens is 2. The van der Waals surface area contributed by atoms with Gasteiger partial charge >= 0.3 is 6.09 Å². The normalized spacial score (nSPS) is 17.5. The topological polar surface area (TPSA) is 72.0 Å². The van der Waals surface area contributed by atoms with Gasteiger partial charge in [-0.1, -0.05) is 6.57 Å². The van der Waals surface area contributed by atoms with E-state index in [0.717, 1.165) is 0 Å². The van der Waals surface area contributed by atoms with Crippen molar-refractivity contribution >= 4 is 28.6 Å². The van der Waals surface area contributed by atoms with Gasteiger partial charge in [0.1, 0.15) is 5.60 Å². The van der Waals surface area contributed by atoms with Crippen LogP contribution in [0.5, 0.6) is 0 Å². The number of pyridine rings is 2. The van der Waals surface area contributed by atoms with E-state index in [9.17, 15) is 9.59 Å². The molecule has 0 bridgehead atoms. The third kappa shape index (κ3) is 3.79. The summed E-state index contributed by atoms with van der Waals surface area (Å²) in [6.45, 7) is 16.3. The van der Waals surface area contributed by atoms with Crippen LogP contribution in [0.2, 0.25) is 0 Å². The molecule has 2 aromatic rings. The van der Waals surface area contributed by atoms with Crippen molar-refractivity contribution in [2.45, 2.75) is 39.3 Å². The fourth-order valence-corrected chi connectivity index (χ4v) is 3.39. The SMILES string of the molecule is [C-]#[N+]c1ccc2c(n1)c(N1CCN(C(=O)OC(C)(C)C)C[C@H]1C)cc(=O)n2C. The molecule has 3 rings (SSSR count). The number of carbonyl (C=O) groups excluding carboxylic acids is 1. The van der Waals surface area contributed by atoms with Crippen LogP contribution in [0.25, 0.3) is 15.9 Å². The molecular weight excluding hydrogens is 358 g/mol. The number of amides is 1. The molecule has 0 N–H and O–H groups in total. The summed E-state index contributed by atoms with van der Waals surface area (Å²) in [6.07, 6.45) is -0.332. The minimum atomic E-state index is -0.542. The molecule has 1 aliphatic heterocycles. The summed E-state index contributed by atoms with van der Waals surface area (Å²) in [6, 6.07) is 4.89. The van der Waals surface area contributed by atoms with Crippen LogP contribution in [-0.4, -0.2) is 51.8 Å². The maximum absolute atomic E-state index is 12.5. The molecule has 1 saturated heterocycles. The van der Waals surface area contributed by atoms with Crippen molar-refractivity contribution in [3.05, 3.63) is 40.0 Å². The fourth-order valence-electron chi connectivity index (χ4n) is 3.39. The Morgan fingerprint density at radius 1 is 1.32 bits per heavy atom. The maximum Gasteiger partial charge on any atom is 0.410 e. The van der Waals surface area contributed by atoms with Gasteiger partial charge in [0.2, 0.25) is 5.52 Å². The second kappa shape index (κ2) is 7.15. The average molecular weight is 383 g/mol. The molecule has 2 aromatic heterocycles. The molecular formula is C20H25N5O3. The van der Waals surface area contributed by atoms with Crippen LogP contribution >= 0.6 is 0 Å². The number of ether oxygens (including phenoxy) is 1. The molecule has 0 aromatic carbocycles. The van der Waals surface area contributed by atoms with E-state index >= 15 is 0 Å². The minimum absolute atomic E-state index is 0.0324. The number of rotatable bonds is 1. The van der Waals surface area contributed by atoms with Gasteiger partial charge in [-0.15, -0.1) is 4.98 Å². The largest absolute Gasteiger partial charge is 0.444 e. The molecule has 0 unspecified atom stereocenters. The first kappa shape index (κ1) is 19.7. The number of carbonyl (C=O) groups is 1. The summed E-state index contributed by atoms with van der Waals surface area (Å²) < 4.78 is 7.00. The number of fused-ring (bicyclic) bond motifs is 1. The monoisotopic (exact) mass is 383 g/mol. The van der Waals surface area contributed by atoms with E-state index in [1.54, 1.807) is 30.1 Å². The summed E-state index contributed by atoms with van der Waals surface area (Å²) in [5, 5.41) is 0. The molecule has 1 aliphatic rings. The van der Waals surface area contributed by atoms with E-state index in [1.807, 2.05) is 27.7 Å². The minimum Gasteiger partial charge on any atom is -0.444 e. The summed E-state index contributed by atoms with van der Waals surface area (Å²) >= 11 is 0. The van der Waals surface area contributed by atoms with Gasteiger partial charge < -0.3 is 23.9 Å². The van der Waals surface area contributed by atoms with Gasteiger partial charge in [0, 0.05) is 38.8 Å². The highest BCUT2D eigenvalue weighted by molar-refractivity contribution is 5.89. The molecule has 8 nitrogen and oxygen atoms in total. The van der Waals surface area contributed by atoms with Gasteiger partial charge in [-0.05, 0) is 39.8 Å². The van der Waals surface area contributed by atoms with Crippen molar-refractivity contribution in [3.63, 3.8) is 0 Å². The summed E-state index contributed by atoms with van der Waals surface area (Å²) in [5.41, 5.74) is 1.31. The number of piperazine rings is 1. The third-order valence-corrected chi connectivity index (χ3v) is 4.76. The second-order valence-corrected chi connectivity index (χ2v) is 8.04. The lowest BCUT2D eigenvalue weighted by molar-refractivity contribution is 0.0219. The van der Waals surface area contributed by atoms with Gasteiger partial charge in [0.15, 0.2) is 0 Å². The van der Waals surface area contributed by atoms with E-state index in [2.05, 4.69) is 14.7 Å². The standard InChI is InChI=1S/C20H25N5O3/c1-13-12-24(19(27)28-20(2,3)4)9-10-25(13)15-11-17(26)23(6)14-7-8-16(21-5)22-18(14)15/h7-8,11,13H,9-10,12H2,1-4,6H3/t13-/m1/s1. The van der Waals surface area contributed by atoms with Crippen molar-refractivity contribution < 1.29 is 9.53 Å². The van der Waals surface area contributed by atoms with Crippen molar-refractivity contribution in [1.82, 2.24) is 14.5 Å². The number of anilines is 1. The molecule has 0 radical (unpaired) electrons. The zero-order valence-corrected chi connectivity index (χ0v) is 16.9. The number of nitrogens with zero attached hydrogens (tertiary/aromatic N) is 5. The predicted octanol–water partition coefficient (Wildman–Crippen LogP) is 2.93. The van der Waals surface area contributed by atoms with Crippen LogP contribution in [0.4, 0.5) is 16.3 Å². The van der Waals surface area contributed by atoms with Crippen LogP contribution in [0, 0.1) is 6.57 Å². The van der Waals surface area contributed by atoms with Gasteiger partial charge in [-0.25, -0.2) is 4.79 Å². The van der Waals surface area contributed by atoms with Crippen LogP contribution in [0.15, 0.2) is 23.0 Å². The smallest absolute Gasteiger partial charge is 0.410 e. The van der Waals surface area contributed by atoms with Crippen molar-refractivity contribution in [1.29, 1.82) is 0 Å². The number of hydrogen-bond donors (Lipinski definition) is 0. The zero-order valence-electron chi connectivity index (χ0n) is 16.9. The molecule has 0 spiro atoms. The van der Waals surface area contributed by atoms with Crippen molar-refractivity contribution in [3.8, 4) is 0 Å². The first-order chi connectivity index (χ1) is 13.1. The second-order valence-electron chi connectivity index (χ2n) is 8.04. The van der Waals surface area contributed by atoms with Crippen LogP contribution < -0.4 is 10.5 Å². The molecule has 3 heterocycles. The highest BCUT2D eigenvalue weighted by Crippen LogP contribution is 2.28. The average Bonchev–Trinajstić information content (AvgIpc) is 2.63. The zero-order chi connectivity index (χ0) is 20.6. The Balaban J connectivity index is 1.94. The lowest BCUT2D eigenvalue weighted by atomic mass is 10.1. The van der Waals surface area contributed by atoms with E-state index in [-0.39, 0.29) is 23.5 Å². The Morgan fingerprint density at radius 2 is 2.04 bits per heavy atom. The number of hydrogen-bond acceptors (Lipinski definition) is 5.